The van der Waals surface area contributed by atoms with Gasteiger partial charge in [0.15, 0.2) is 0 Å². The quantitative estimate of drug-likeness (QED) is 0.751. The molecule has 0 aliphatic rings. The minimum absolute atomic E-state index is 0.0352. The molecule has 0 atom stereocenters. The number of esters is 1. The van der Waals surface area contributed by atoms with Crippen LogP contribution in [0.5, 0.6) is 0 Å². The van der Waals surface area contributed by atoms with E-state index in [-0.39, 0.29) is 12.6 Å². The van der Waals surface area contributed by atoms with Gasteiger partial charge < -0.3 is 14.4 Å². The van der Waals surface area contributed by atoms with E-state index >= 15 is 0 Å². The summed E-state index contributed by atoms with van der Waals surface area (Å²) in [5.74, 6) is -0.361. The van der Waals surface area contributed by atoms with Crippen LogP contribution in [0.2, 0.25) is 0 Å². The van der Waals surface area contributed by atoms with Gasteiger partial charge in [0.05, 0.1) is 30.5 Å². The predicted molar refractivity (Wildman–Crippen MR) is 80.5 cm³/mol. The molecule has 0 unspecified atom stereocenters. The molecule has 3 rings (SSSR count). The highest BCUT2D eigenvalue weighted by Gasteiger charge is 2.11. The first-order valence-electron chi connectivity index (χ1n) is 6.63. The van der Waals surface area contributed by atoms with E-state index in [1.165, 1.54) is 7.11 Å². The molecule has 106 valence electrons. The van der Waals surface area contributed by atoms with Crippen LogP contribution in [0.3, 0.4) is 0 Å². The molecule has 3 aromatic rings. The van der Waals surface area contributed by atoms with Gasteiger partial charge in [-0.25, -0.2) is 4.79 Å². The largest absolute Gasteiger partial charge is 0.465 e. The van der Waals surface area contributed by atoms with Crippen molar-refractivity contribution in [2.45, 2.75) is 6.61 Å². The first-order valence-corrected chi connectivity index (χ1v) is 6.63. The predicted octanol–water partition coefficient (Wildman–Crippen LogP) is 2.91. The van der Waals surface area contributed by atoms with Crippen molar-refractivity contribution in [1.29, 1.82) is 0 Å². The van der Waals surface area contributed by atoms with E-state index in [0.29, 0.717) is 5.56 Å². The SMILES string of the molecule is COC(=O)c1ccc2ccn(-c3ccccc3CO)c2c1. The Labute approximate surface area is 122 Å². The molecule has 0 amide bonds. The van der Waals surface area contributed by atoms with Crippen molar-refractivity contribution >= 4 is 16.9 Å². The van der Waals surface area contributed by atoms with Crippen LogP contribution in [0.15, 0.2) is 54.7 Å². The van der Waals surface area contributed by atoms with Crippen LogP contribution in [-0.2, 0) is 11.3 Å². The number of carbonyl (C=O) groups excluding carboxylic acids is 1. The van der Waals surface area contributed by atoms with Crippen LogP contribution < -0.4 is 0 Å². The summed E-state index contributed by atoms with van der Waals surface area (Å²) in [6.07, 6.45) is 1.93. The number of nitrogens with zero attached hydrogens (tertiary/aromatic N) is 1. The molecule has 1 heterocycles. The highest BCUT2D eigenvalue weighted by molar-refractivity contribution is 5.95. The molecule has 0 aliphatic heterocycles. The summed E-state index contributed by atoms with van der Waals surface area (Å²) in [5.41, 5.74) is 3.14. The van der Waals surface area contributed by atoms with Gasteiger partial charge in [0.2, 0.25) is 0 Å². The summed E-state index contributed by atoms with van der Waals surface area (Å²) in [7, 11) is 1.37. The topological polar surface area (TPSA) is 51.5 Å². The highest BCUT2D eigenvalue weighted by atomic mass is 16.5. The zero-order chi connectivity index (χ0) is 14.8. The second-order valence-corrected chi connectivity index (χ2v) is 4.74. The zero-order valence-corrected chi connectivity index (χ0v) is 11.6. The van der Waals surface area contributed by atoms with Crippen LogP contribution >= 0.6 is 0 Å². The second-order valence-electron chi connectivity index (χ2n) is 4.74. The average Bonchev–Trinajstić information content (AvgIpc) is 2.96. The molecule has 4 heteroatoms. The minimum atomic E-state index is -0.361. The number of benzene rings is 2. The summed E-state index contributed by atoms with van der Waals surface area (Å²) in [6, 6.07) is 15.0. The van der Waals surface area contributed by atoms with Gasteiger partial charge in [-0.05, 0) is 29.7 Å². The number of ether oxygens (including phenoxy) is 1. The van der Waals surface area contributed by atoms with Crippen LogP contribution in [0, 0.1) is 0 Å². The van der Waals surface area contributed by atoms with Crippen LogP contribution in [0.1, 0.15) is 15.9 Å². The van der Waals surface area contributed by atoms with Crippen molar-refractivity contribution < 1.29 is 14.6 Å². The van der Waals surface area contributed by atoms with E-state index in [2.05, 4.69) is 0 Å². The van der Waals surface area contributed by atoms with E-state index < -0.39 is 0 Å². The number of methoxy groups -OCH3 is 1. The molecular formula is C17H15NO3. The first kappa shape index (κ1) is 13.4. The Hall–Kier alpha value is -2.59. The third kappa shape index (κ3) is 2.30. The van der Waals surface area contributed by atoms with Gasteiger partial charge in [0.25, 0.3) is 0 Å². The third-order valence-corrected chi connectivity index (χ3v) is 3.54. The molecule has 1 N–H and O–H groups in total. The van der Waals surface area contributed by atoms with Crippen LogP contribution in [-0.4, -0.2) is 22.8 Å². The van der Waals surface area contributed by atoms with Crippen molar-refractivity contribution in [3.8, 4) is 5.69 Å². The Morgan fingerprint density at radius 2 is 2.00 bits per heavy atom. The van der Waals surface area contributed by atoms with Crippen molar-refractivity contribution in [3.63, 3.8) is 0 Å². The molecule has 4 nitrogen and oxygen atoms in total. The number of fused-ring (bicyclic) bond motifs is 1. The molecule has 0 spiro atoms. The molecule has 0 saturated heterocycles. The molecule has 21 heavy (non-hydrogen) atoms. The first-order chi connectivity index (χ1) is 10.2. The van der Waals surface area contributed by atoms with Crippen molar-refractivity contribution in [2.75, 3.05) is 7.11 Å². The van der Waals surface area contributed by atoms with E-state index in [9.17, 15) is 9.90 Å². The lowest BCUT2D eigenvalue weighted by Gasteiger charge is -2.10. The number of aliphatic hydroxyl groups excluding tert-OH is 1. The second kappa shape index (κ2) is 5.42. The lowest BCUT2D eigenvalue weighted by atomic mass is 10.1. The van der Waals surface area contributed by atoms with Crippen LogP contribution in [0.4, 0.5) is 0 Å². The maximum atomic E-state index is 11.7. The number of aromatic nitrogens is 1. The smallest absolute Gasteiger partial charge is 0.337 e. The Kier molecular flexibility index (Phi) is 3.46. The number of carbonyl (C=O) groups is 1. The number of para-hydroxylation sites is 1. The van der Waals surface area contributed by atoms with Crippen molar-refractivity contribution in [3.05, 3.63) is 65.9 Å². The lowest BCUT2D eigenvalue weighted by molar-refractivity contribution is 0.0601. The molecular weight excluding hydrogens is 266 g/mol. The van der Waals surface area contributed by atoms with E-state index in [1.807, 2.05) is 47.2 Å². The fraction of sp³-hybridized carbons (Fsp3) is 0.118. The fourth-order valence-corrected chi connectivity index (χ4v) is 2.46. The molecule has 0 saturated carbocycles. The van der Waals surface area contributed by atoms with Gasteiger partial charge >= 0.3 is 5.97 Å². The monoisotopic (exact) mass is 281 g/mol. The molecule has 0 bridgehead atoms. The highest BCUT2D eigenvalue weighted by Crippen LogP contribution is 2.24. The van der Waals surface area contributed by atoms with Crippen molar-refractivity contribution in [2.24, 2.45) is 0 Å². The van der Waals surface area contributed by atoms with Gasteiger partial charge in [-0.2, -0.15) is 0 Å². The molecule has 0 fully saturated rings. The minimum Gasteiger partial charge on any atom is -0.465 e. The fourth-order valence-electron chi connectivity index (χ4n) is 2.46. The number of hydrogen-bond acceptors (Lipinski definition) is 3. The van der Waals surface area contributed by atoms with E-state index in [1.54, 1.807) is 12.1 Å². The maximum Gasteiger partial charge on any atom is 0.337 e. The van der Waals surface area contributed by atoms with E-state index in [4.69, 9.17) is 4.74 Å². The molecule has 0 aliphatic carbocycles. The van der Waals surface area contributed by atoms with Gasteiger partial charge in [-0.15, -0.1) is 0 Å². The third-order valence-electron chi connectivity index (χ3n) is 3.54. The maximum absolute atomic E-state index is 11.7. The Morgan fingerprint density at radius 3 is 2.76 bits per heavy atom. The molecule has 0 radical (unpaired) electrons. The van der Waals surface area contributed by atoms with E-state index in [0.717, 1.165) is 22.2 Å². The zero-order valence-electron chi connectivity index (χ0n) is 11.6. The summed E-state index contributed by atoms with van der Waals surface area (Å²) in [6.45, 7) is -0.0352. The number of rotatable bonds is 3. The summed E-state index contributed by atoms with van der Waals surface area (Å²) >= 11 is 0. The molecule has 2 aromatic carbocycles. The van der Waals surface area contributed by atoms with Gasteiger partial charge in [-0.1, -0.05) is 24.3 Å². The lowest BCUT2D eigenvalue weighted by Crippen LogP contribution is -2.02. The summed E-state index contributed by atoms with van der Waals surface area (Å²) in [5, 5.41) is 10.5. The average molecular weight is 281 g/mol. The molecule has 1 aromatic heterocycles. The Morgan fingerprint density at radius 1 is 1.19 bits per heavy atom. The van der Waals surface area contributed by atoms with Gasteiger partial charge in [0, 0.05) is 11.8 Å². The Balaban J connectivity index is 2.21. The standard InChI is InChI=1S/C17H15NO3/c1-21-17(20)13-7-6-12-8-9-18(16(12)10-13)15-5-3-2-4-14(15)11-19/h2-10,19H,11H2,1H3. The van der Waals surface area contributed by atoms with Gasteiger partial charge in [-0.3, -0.25) is 0 Å². The van der Waals surface area contributed by atoms with Crippen molar-refractivity contribution in [1.82, 2.24) is 4.57 Å². The summed E-state index contributed by atoms with van der Waals surface area (Å²) < 4.78 is 6.73. The Bertz CT molecular complexity index is 805. The number of aliphatic hydroxyl groups is 1. The normalized spacial score (nSPS) is 10.8. The van der Waals surface area contributed by atoms with Crippen LogP contribution in [0.25, 0.3) is 16.6 Å². The van der Waals surface area contributed by atoms with Gasteiger partial charge in [0.1, 0.15) is 0 Å². The summed E-state index contributed by atoms with van der Waals surface area (Å²) in [4.78, 5) is 11.7. The number of hydrogen-bond donors (Lipinski definition) is 1.